The van der Waals surface area contributed by atoms with Crippen LogP contribution in [0.1, 0.15) is 51.5 Å². The summed E-state index contributed by atoms with van der Waals surface area (Å²) in [7, 11) is 0. The quantitative estimate of drug-likeness (QED) is 0.840. The van der Waals surface area contributed by atoms with Crippen molar-refractivity contribution in [3.05, 3.63) is 35.9 Å². The van der Waals surface area contributed by atoms with E-state index in [0.717, 1.165) is 64.3 Å². The van der Waals surface area contributed by atoms with Crippen molar-refractivity contribution in [2.75, 3.05) is 45.9 Å². The molecule has 4 nitrogen and oxygen atoms in total. The van der Waals surface area contributed by atoms with E-state index < -0.39 is 5.60 Å². The minimum Gasteiger partial charge on any atom is -0.385 e. The number of likely N-dealkylation sites (tertiary alicyclic amines) is 1. The first-order chi connectivity index (χ1) is 13.5. The summed E-state index contributed by atoms with van der Waals surface area (Å²) >= 11 is 0. The second kappa shape index (κ2) is 8.43. The molecule has 0 bridgehead atoms. The minimum atomic E-state index is -0.656. The van der Waals surface area contributed by atoms with Crippen LogP contribution in [-0.4, -0.2) is 66.9 Å². The molecule has 1 aromatic carbocycles. The van der Waals surface area contributed by atoms with Gasteiger partial charge < -0.3 is 9.84 Å². The molecule has 2 aliphatic heterocycles. The molecule has 0 aromatic heterocycles. The number of hydrogen-bond donors (Lipinski definition) is 1. The highest BCUT2D eigenvalue weighted by Crippen LogP contribution is 2.47. The zero-order chi connectivity index (χ0) is 19.6. The van der Waals surface area contributed by atoms with Gasteiger partial charge in [0.25, 0.3) is 0 Å². The number of aliphatic hydroxyl groups is 1. The third-order valence-corrected chi connectivity index (χ3v) is 7.25. The highest BCUT2D eigenvalue weighted by molar-refractivity contribution is 5.25. The number of hydrogen-bond acceptors (Lipinski definition) is 4. The minimum absolute atomic E-state index is 0.252. The van der Waals surface area contributed by atoms with Gasteiger partial charge in [0.05, 0.1) is 18.8 Å². The van der Waals surface area contributed by atoms with E-state index in [1.165, 1.54) is 19.3 Å². The summed E-state index contributed by atoms with van der Waals surface area (Å²) in [5, 5.41) is 11.8. The summed E-state index contributed by atoms with van der Waals surface area (Å²) in [4.78, 5) is 5.29. The summed E-state index contributed by atoms with van der Waals surface area (Å²) in [5.74, 6) is 0.358. The van der Waals surface area contributed by atoms with Gasteiger partial charge >= 0.3 is 0 Å². The molecule has 1 saturated carbocycles. The van der Waals surface area contributed by atoms with Crippen LogP contribution in [0.4, 0.5) is 0 Å². The molecule has 2 saturated heterocycles. The zero-order valence-electron chi connectivity index (χ0n) is 17.8. The fourth-order valence-corrected chi connectivity index (χ4v) is 6.02. The molecule has 2 heterocycles. The Bertz CT molecular complexity index is 629. The van der Waals surface area contributed by atoms with Crippen LogP contribution in [0.25, 0.3) is 0 Å². The molecule has 0 unspecified atom stereocenters. The lowest BCUT2D eigenvalue weighted by atomic mass is 9.66. The van der Waals surface area contributed by atoms with Gasteiger partial charge in [-0.3, -0.25) is 9.80 Å². The number of fused-ring (bicyclic) bond motifs is 1. The molecule has 28 heavy (non-hydrogen) atoms. The van der Waals surface area contributed by atoms with Gasteiger partial charge in [-0.05, 0) is 30.2 Å². The van der Waals surface area contributed by atoms with Crippen molar-refractivity contribution in [3.63, 3.8) is 0 Å². The van der Waals surface area contributed by atoms with Crippen LogP contribution in [0.2, 0.25) is 0 Å². The van der Waals surface area contributed by atoms with Gasteiger partial charge in [0.2, 0.25) is 0 Å². The Morgan fingerprint density at radius 2 is 1.75 bits per heavy atom. The van der Waals surface area contributed by atoms with Crippen molar-refractivity contribution in [1.29, 1.82) is 0 Å². The predicted octanol–water partition coefficient (Wildman–Crippen LogP) is 3.50. The Labute approximate surface area is 170 Å². The number of morpholine rings is 1. The molecule has 0 spiro atoms. The average molecular weight is 387 g/mol. The first kappa shape index (κ1) is 20.3. The Morgan fingerprint density at radius 3 is 2.50 bits per heavy atom. The van der Waals surface area contributed by atoms with Crippen LogP contribution in [0.15, 0.2) is 30.3 Å². The lowest BCUT2D eigenvalue weighted by molar-refractivity contribution is -0.127. The molecule has 1 aromatic rings. The molecule has 0 radical (unpaired) electrons. The molecular formula is C24H38N2O2. The van der Waals surface area contributed by atoms with Crippen LogP contribution in [0.3, 0.4) is 0 Å². The molecule has 1 aliphatic carbocycles. The van der Waals surface area contributed by atoms with Crippen LogP contribution < -0.4 is 0 Å². The van der Waals surface area contributed by atoms with Gasteiger partial charge in [0, 0.05) is 44.7 Å². The molecule has 1 N–H and O–H groups in total. The fraction of sp³-hybridized carbons (Fsp3) is 0.750. The normalized spacial score (nSPS) is 32.8. The molecular weight excluding hydrogens is 348 g/mol. The highest BCUT2D eigenvalue weighted by atomic mass is 16.5. The van der Waals surface area contributed by atoms with Crippen molar-refractivity contribution in [2.24, 2.45) is 11.3 Å². The van der Waals surface area contributed by atoms with E-state index in [9.17, 15) is 5.11 Å². The maximum Gasteiger partial charge on any atom is 0.0951 e. The van der Waals surface area contributed by atoms with Gasteiger partial charge in [-0.2, -0.15) is 0 Å². The van der Waals surface area contributed by atoms with Gasteiger partial charge in [-0.1, -0.05) is 57.0 Å². The number of piperidine rings is 1. The smallest absolute Gasteiger partial charge is 0.0951 e. The van der Waals surface area contributed by atoms with Crippen molar-refractivity contribution in [2.45, 2.75) is 57.6 Å². The third-order valence-electron chi connectivity index (χ3n) is 7.25. The predicted molar refractivity (Wildman–Crippen MR) is 113 cm³/mol. The summed E-state index contributed by atoms with van der Waals surface area (Å²) < 4.78 is 5.52. The van der Waals surface area contributed by atoms with Crippen LogP contribution in [0.5, 0.6) is 0 Å². The van der Waals surface area contributed by atoms with Crippen molar-refractivity contribution >= 4 is 0 Å². The molecule has 0 amide bonds. The van der Waals surface area contributed by atoms with E-state index in [1.807, 2.05) is 0 Å². The monoisotopic (exact) mass is 386 g/mol. The maximum atomic E-state index is 11.8. The van der Waals surface area contributed by atoms with Gasteiger partial charge in [0.1, 0.15) is 0 Å². The molecule has 156 valence electrons. The largest absolute Gasteiger partial charge is 0.385 e. The summed E-state index contributed by atoms with van der Waals surface area (Å²) in [6.07, 6.45) is 5.78. The van der Waals surface area contributed by atoms with Gasteiger partial charge in [-0.15, -0.1) is 0 Å². The molecule has 3 atom stereocenters. The Hall–Kier alpha value is -0.940. The average Bonchev–Trinajstić information content (AvgIpc) is 2.71. The molecule has 3 aliphatic rings. The number of nitrogens with zero attached hydrogens (tertiary/aromatic N) is 2. The van der Waals surface area contributed by atoms with Crippen LogP contribution in [-0.2, 0) is 10.3 Å². The fourth-order valence-electron chi connectivity index (χ4n) is 6.02. The van der Waals surface area contributed by atoms with E-state index >= 15 is 0 Å². The van der Waals surface area contributed by atoms with E-state index in [4.69, 9.17) is 4.74 Å². The first-order valence-electron chi connectivity index (χ1n) is 11.3. The molecule has 4 rings (SSSR count). The summed E-state index contributed by atoms with van der Waals surface area (Å²) in [6, 6.07) is 11.0. The van der Waals surface area contributed by atoms with E-state index in [0.29, 0.717) is 12.0 Å². The zero-order valence-corrected chi connectivity index (χ0v) is 17.8. The maximum absolute atomic E-state index is 11.8. The van der Waals surface area contributed by atoms with Crippen LogP contribution >= 0.6 is 0 Å². The topological polar surface area (TPSA) is 35.9 Å². The summed E-state index contributed by atoms with van der Waals surface area (Å²) in [6.45, 7) is 11.9. The third kappa shape index (κ3) is 4.30. The van der Waals surface area contributed by atoms with E-state index in [-0.39, 0.29) is 5.41 Å². The highest BCUT2D eigenvalue weighted by Gasteiger charge is 2.49. The van der Waals surface area contributed by atoms with E-state index in [1.54, 1.807) is 0 Å². The lowest BCUT2D eigenvalue weighted by Crippen LogP contribution is -2.59. The van der Waals surface area contributed by atoms with Crippen molar-refractivity contribution in [3.8, 4) is 0 Å². The van der Waals surface area contributed by atoms with E-state index in [2.05, 4.69) is 54.0 Å². The number of benzene rings is 1. The second-order valence-corrected chi connectivity index (χ2v) is 10.0. The Kier molecular flexibility index (Phi) is 6.12. The first-order valence-corrected chi connectivity index (χ1v) is 11.3. The van der Waals surface area contributed by atoms with Gasteiger partial charge in [0.15, 0.2) is 0 Å². The van der Waals surface area contributed by atoms with Crippen molar-refractivity contribution < 1.29 is 9.84 Å². The Morgan fingerprint density at radius 1 is 1.04 bits per heavy atom. The molecule has 3 fully saturated rings. The second-order valence-electron chi connectivity index (χ2n) is 10.0. The number of ether oxygens (including phenoxy) is 1. The SMILES string of the molecule is CC(C)(CN1CCOCC1)CN1CC[C@@](O)(c2ccccc2)[C@H]2CCCC[C@H]21. The number of rotatable bonds is 5. The lowest BCUT2D eigenvalue weighted by Gasteiger charge is -2.54. The Balaban J connectivity index is 1.47. The van der Waals surface area contributed by atoms with Crippen molar-refractivity contribution in [1.82, 2.24) is 9.80 Å². The summed E-state index contributed by atoms with van der Waals surface area (Å²) in [5.41, 5.74) is 0.720. The molecule has 4 heteroatoms. The van der Waals surface area contributed by atoms with Gasteiger partial charge in [-0.25, -0.2) is 0 Å². The standard InChI is InChI=1S/C24H38N2O2/c1-23(2,18-25-14-16-28-17-15-25)19-26-13-12-24(27,20-8-4-3-5-9-20)21-10-6-7-11-22(21)26/h3-5,8-9,21-22,27H,6-7,10-19H2,1-2H3/t21-,22+,24+/m0/s1. The van der Waals surface area contributed by atoms with Crippen LogP contribution in [0, 0.1) is 11.3 Å².